The molecule has 0 bridgehead atoms. The van der Waals surface area contributed by atoms with Crippen molar-refractivity contribution in [1.82, 2.24) is 0 Å². The number of ether oxygens (including phenoxy) is 5. The minimum atomic E-state index is -0.654. The van der Waals surface area contributed by atoms with E-state index in [0.717, 1.165) is 36.0 Å². The van der Waals surface area contributed by atoms with E-state index in [0.29, 0.717) is 17.7 Å². The zero-order valence-corrected chi connectivity index (χ0v) is 28.0. The van der Waals surface area contributed by atoms with Gasteiger partial charge in [-0.1, -0.05) is 50.6 Å². The van der Waals surface area contributed by atoms with E-state index in [1.165, 1.54) is 27.7 Å². The second kappa shape index (κ2) is 16.7. The zero-order valence-electron chi connectivity index (χ0n) is 28.0. The van der Waals surface area contributed by atoms with Crippen LogP contribution in [0.1, 0.15) is 51.7 Å². The Kier molecular flexibility index (Phi) is 12.8. The summed E-state index contributed by atoms with van der Waals surface area (Å²) in [6.07, 6.45) is 3.05. The highest BCUT2D eigenvalue weighted by molar-refractivity contribution is 5.92. The van der Waals surface area contributed by atoms with Crippen molar-refractivity contribution in [2.75, 3.05) is 7.11 Å². The highest BCUT2D eigenvalue weighted by atomic mass is 16.6. The van der Waals surface area contributed by atoms with Crippen LogP contribution in [0, 0.1) is 0 Å². The third-order valence-electron chi connectivity index (χ3n) is 6.94. The fourth-order valence-electron chi connectivity index (χ4n) is 4.25. The number of rotatable bonds is 15. The number of benzene rings is 3. The van der Waals surface area contributed by atoms with E-state index < -0.39 is 23.9 Å². The topological polar surface area (TPSA) is 114 Å². The van der Waals surface area contributed by atoms with Crippen molar-refractivity contribution < 1.29 is 42.9 Å². The Balaban J connectivity index is 1.75. The maximum atomic E-state index is 12.3. The van der Waals surface area contributed by atoms with E-state index in [4.69, 9.17) is 23.7 Å². The molecule has 0 unspecified atom stereocenters. The number of carbonyl (C=O) groups excluding carboxylic acids is 4. The van der Waals surface area contributed by atoms with Gasteiger partial charge in [-0.05, 0) is 106 Å². The van der Waals surface area contributed by atoms with Crippen molar-refractivity contribution in [2.24, 2.45) is 0 Å². The van der Waals surface area contributed by atoms with Crippen molar-refractivity contribution in [3.8, 4) is 39.9 Å². The number of carbonyl (C=O) groups is 4. The first kappa shape index (κ1) is 36.8. The highest BCUT2D eigenvalue weighted by Crippen LogP contribution is 2.36. The van der Waals surface area contributed by atoms with E-state index in [1.54, 1.807) is 37.4 Å². The predicted molar refractivity (Wildman–Crippen MR) is 183 cm³/mol. The van der Waals surface area contributed by atoms with Crippen LogP contribution in [0.25, 0.3) is 11.1 Å². The van der Waals surface area contributed by atoms with Crippen LogP contribution in [-0.4, -0.2) is 31.0 Å². The van der Waals surface area contributed by atoms with Gasteiger partial charge in [-0.25, -0.2) is 19.2 Å². The van der Waals surface area contributed by atoms with E-state index in [2.05, 4.69) is 26.3 Å². The minimum Gasteiger partial charge on any atom is -0.496 e. The van der Waals surface area contributed by atoms with Gasteiger partial charge < -0.3 is 23.7 Å². The summed E-state index contributed by atoms with van der Waals surface area (Å²) in [5, 5.41) is 0. The second-order valence-electron chi connectivity index (χ2n) is 11.4. The Bertz CT molecular complexity index is 1790. The van der Waals surface area contributed by atoms with Gasteiger partial charge in [0.25, 0.3) is 0 Å². The van der Waals surface area contributed by atoms with Crippen molar-refractivity contribution in [2.45, 2.75) is 53.4 Å². The molecule has 48 heavy (non-hydrogen) atoms. The smallest absolute Gasteiger partial charge is 0.338 e. The number of aryl methyl sites for hydroxylation is 2. The van der Waals surface area contributed by atoms with Gasteiger partial charge in [0, 0.05) is 22.3 Å². The van der Waals surface area contributed by atoms with Gasteiger partial charge in [-0.2, -0.15) is 0 Å². The molecule has 250 valence electrons. The molecule has 0 fully saturated rings. The number of hydrogen-bond acceptors (Lipinski definition) is 9. The molecule has 9 nitrogen and oxygen atoms in total. The predicted octanol–water partition coefficient (Wildman–Crippen LogP) is 7.85. The van der Waals surface area contributed by atoms with Gasteiger partial charge in [0.05, 0.1) is 7.11 Å². The molecule has 0 aliphatic rings. The molecular weight excluding hydrogens is 612 g/mol. The first-order valence-corrected chi connectivity index (χ1v) is 15.1. The molecule has 3 rings (SSSR count). The van der Waals surface area contributed by atoms with Crippen LogP contribution in [0.4, 0.5) is 0 Å². The quantitative estimate of drug-likeness (QED) is 0.0701. The lowest BCUT2D eigenvalue weighted by Gasteiger charge is -2.14. The standard InChI is InChI=1S/C39H40O9/c1-23(2)36(40)45-31-18-14-27(20-34(31)47-38(42)25(5)6)12-10-11-13-28-15-16-29(21-33(28)44-9)30-17-19-32(46-37(41)24(3)4)35(22-30)48-39(43)26(7)8/h14-22H,1,3,5,7,10-13H2,2,4,6,8-9H3. The van der Waals surface area contributed by atoms with Gasteiger partial charge in [0.2, 0.25) is 0 Å². The first-order chi connectivity index (χ1) is 22.7. The average Bonchev–Trinajstić information content (AvgIpc) is 3.04. The van der Waals surface area contributed by atoms with Crippen LogP contribution in [0.3, 0.4) is 0 Å². The second-order valence-corrected chi connectivity index (χ2v) is 11.4. The lowest BCUT2D eigenvalue weighted by molar-refractivity contribution is -0.132. The lowest BCUT2D eigenvalue weighted by Crippen LogP contribution is -2.13. The average molecular weight is 653 g/mol. The third kappa shape index (κ3) is 10.2. The summed E-state index contributed by atoms with van der Waals surface area (Å²) < 4.78 is 27.3. The third-order valence-corrected chi connectivity index (χ3v) is 6.94. The maximum absolute atomic E-state index is 12.3. The molecule has 0 heterocycles. The Labute approximate surface area is 281 Å². The van der Waals surface area contributed by atoms with Crippen molar-refractivity contribution in [1.29, 1.82) is 0 Å². The molecule has 0 spiro atoms. The van der Waals surface area contributed by atoms with Crippen molar-refractivity contribution in [3.63, 3.8) is 0 Å². The molecule has 0 aromatic heterocycles. The number of esters is 4. The van der Waals surface area contributed by atoms with Crippen LogP contribution in [0.5, 0.6) is 28.7 Å². The summed E-state index contributed by atoms with van der Waals surface area (Å²) in [5.41, 5.74) is 4.22. The molecule has 0 amide bonds. The van der Waals surface area contributed by atoms with Crippen molar-refractivity contribution in [3.05, 3.63) is 114 Å². The molecule has 0 saturated heterocycles. The Morgan fingerprint density at radius 1 is 0.500 bits per heavy atom. The lowest BCUT2D eigenvalue weighted by atomic mass is 9.99. The van der Waals surface area contributed by atoms with Crippen LogP contribution in [-0.2, 0) is 32.0 Å². The molecule has 0 atom stereocenters. The molecule has 0 saturated carbocycles. The van der Waals surface area contributed by atoms with Crippen LogP contribution >= 0.6 is 0 Å². The summed E-state index contributed by atoms with van der Waals surface area (Å²) in [5.74, 6) is -1.46. The van der Waals surface area contributed by atoms with Gasteiger partial charge >= 0.3 is 23.9 Å². The first-order valence-electron chi connectivity index (χ1n) is 15.1. The largest absolute Gasteiger partial charge is 0.496 e. The van der Waals surface area contributed by atoms with Gasteiger partial charge in [-0.15, -0.1) is 0 Å². The fraction of sp³-hybridized carbons (Fsp3) is 0.231. The van der Waals surface area contributed by atoms with E-state index in [-0.39, 0.29) is 45.3 Å². The fourth-order valence-corrected chi connectivity index (χ4v) is 4.25. The van der Waals surface area contributed by atoms with Gasteiger partial charge in [-0.3, -0.25) is 0 Å². The monoisotopic (exact) mass is 652 g/mol. The minimum absolute atomic E-state index is 0.0673. The normalized spacial score (nSPS) is 10.4. The molecular formula is C39H40O9. The summed E-state index contributed by atoms with van der Waals surface area (Å²) in [6.45, 7) is 20.5. The van der Waals surface area contributed by atoms with Gasteiger partial charge in [0.15, 0.2) is 23.0 Å². The van der Waals surface area contributed by atoms with E-state index in [9.17, 15) is 19.2 Å². The summed E-state index contributed by atoms with van der Waals surface area (Å²) in [4.78, 5) is 48.8. The van der Waals surface area contributed by atoms with Crippen LogP contribution in [0.15, 0.2) is 103 Å². The van der Waals surface area contributed by atoms with E-state index >= 15 is 0 Å². The molecule has 0 radical (unpaired) electrons. The zero-order chi connectivity index (χ0) is 35.5. The summed E-state index contributed by atoms with van der Waals surface area (Å²) in [7, 11) is 1.60. The van der Waals surface area contributed by atoms with E-state index in [1.807, 2.05) is 24.3 Å². The molecule has 0 N–H and O–H groups in total. The maximum Gasteiger partial charge on any atom is 0.338 e. The summed E-state index contributed by atoms with van der Waals surface area (Å²) in [6, 6.07) is 15.8. The molecule has 0 aliphatic heterocycles. The number of hydrogen-bond donors (Lipinski definition) is 0. The van der Waals surface area contributed by atoms with Gasteiger partial charge in [0.1, 0.15) is 5.75 Å². The molecule has 3 aromatic carbocycles. The van der Waals surface area contributed by atoms with Crippen molar-refractivity contribution >= 4 is 23.9 Å². The van der Waals surface area contributed by atoms with Crippen LogP contribution < -0.4 is 23.7 Å². The Morgan fingerprint density at radius 2 is 0.896 bits per heavy atom. The SMILES string of the molecule is C=C(C)C(=O)Oc1ccc(CCCCc2ccc(-c3ccc(OC(=O)C(=C)C)c(OC(=O)C(=C)C)c3)cc2OC)cc1OC(=O)C(=C)C. The van der Waals surface area contributed by atoms with Crippen LogP contribution in [0.2, 0.25) is 0 Å². The summed E-state index contributed by atoms with van der Waals surface area (Å²) >= 11 is 0. The molecule has 9 heteroatoms. The molecule has 0 aliphatic carbocycles. The highest BCUT2D eigenvalue weighted by Gasteiger charge is 2.18. The number of unbranched alkanes of at least 4 members (excludes halogenated alkanes) is 1. The Hall–Kier alpha value is -5.70. The number of methoxy groups -OCH3 is 1. The Morgan fingerprint density at radius 3 is 1.38 bits per heavy atom. The molecule has 3 aromatic rings.